The Morgan fingerprint density at radius 1 is 1.06 bits per heavy atom. The van der Waals surface area contributed by atoms with Crippen molar-refractivity contribution < 1.29 is 23.8 Å². The number of rotatable bonds is 10. The summed E-state index contributed by atoms with van der Waals surface area (Å²) in [6.45, 7) is 7.40. The number of aliphatic hydroxyl groups is 1. The number of nitrogens with one attached hydrogen (secondary N) is 1. The van der Waals surface area contributed by atoms with E-state index < -0.39 is 17.5 Å². The predicted molar refractivity (Wildman–Crippen MR) is 141 cm³/mol. The maximum Gasteiger partial charge on any atom is 0.349 e. The van der Waals surface area contributed by atoms with Crippen molar-refractivity contribution in [2.24, 2.45) is 0 Å². The van der Waals surface area contributed by atoms with Gasteiger partial charge in [0.2, 0.25) is 0 Å². The summed E-state index contributed by atoms with van der Waals surface area (Å²) in [5, 5.41) is 12.5. The highest BCUT2D eigenvalue weighted by Crippen LogP contribution is 2.22. The smallest absolute Gasteiger partial charge is 0.349 e. The number of ether oxygens (including phenoxy) is 1. The summed E-state index contributed by atoms with van der Waals surface area (Å²) >= 11 is 0. The second kappa shape index (κ2) is 12.5. The van der Waals surface area contributed by atoms with Crippen LogP contribution >= 0.6 is 0 Å². The molecule has 0 aliphatic carbocycles. The molecule has 1 heterocycles. The second-order valence-electron chi connectivity index (χ2n) is 7.81. The fourth-order valence-electron chi connectivity index (χ4n) is 3.64. The van der Waals surface area contributed by atoms with Crippen molar-refractivity contribution in [1.82, 2.24) is 0 Å². The van der Waals surface area contributed by atoms with E-state index in [1.807, 2.05) is 12.1 Å². The van der Waals surface area contributed by atoms with Crippen LogP contribution in [0.2, 0.25) is 0 Å². The van der Waals surface area contributed by atoms with Crippen LogP contribution in [-0.4, -0.2) is 43.3 Å². The third-order valence-corrected chi connectivity index (χ3v) is 5.54. The number of carbonyl (C=O) groups excluding carboxylic acids is 2. The standard InChI is InChI=1S/C28H30N2O6/c1-4-30(5-2)23-14-11-21-17-24(28(34)36-25(21)18-23)26(32)29-22-12-8-19(9-13-22)7-10-20(15-16-31)27(33)35-6-3/h7-15,17-18,31H,4-6,16H2,1-3H3,(H,29,32). The van der Waals surface area contributed by atoms with Gasteiger partial charge in [0, 0.05) is 35.9 Å². The van der Waals surface area contributed by atoms with E-state index in [1.165, 1.54) is 12.1 Å². The second-order valence-corrected chi connectivity index (χ2v) is 7.81. The number of hydrogen-bond acceptors (Lipinski definition) is 7. The number of benzene rings is 2. The lowest BCUT2D eigenvalue weighted by atomic mass is 10.1. The number of hydrogen-bond donors (Lipinski definition) is 2. The van der Waals surface area contributed by atoms with Gasteiger partial charge in [0.1, 0.15) is 11.1 Å². The first-order valence-electron chi connectivity index (χ1n) is 11.8. The molecular weight excluding hydrogens is 460 g/mol. The number of nitrogens with zero attached hydrogens (tertiary/aromatic N) is 1. The first-order valence-corrected chi connectivity index (χ1v) is 11.8. The van der Waals surface area contributed by atoms with E-state index in [1.54, 1.807) is 49.4 Å². The third-order valence-electron chi connectivity index (χ3n) is 5.54. The highest BCUT2D eigenvalue weighted by atomic mass is 16.5. The van der Waals surface area contributed by atoms with Crippen molar-refractivity contribution in [2.45, 2.75) is 20.8 Å². The third kappa shape index (κ3) is 6.49. The Morgan fingerprint density at radius 2 is 1.78 bits per heavy atom. The molecule has 0 radical (unpaired) electrons. The SMILES string of the molecule is CCOC(=O)C(C=Cc1ccc(NC(=O)c2cc3ccc(N(CC)CC)cc3oc2=O)cc1)=CCO. The molecule has 1 amide bonds. The number of esters is 1. The molecule has 1 aromatic heterocycles. The van der Waals surface area contributed by atoms with Crippen LogP contribution in [0, 0.1) is 0 Å². The van der Waals surface area contributed by atoms with Gasteiger partial charge in [-0.3, -0.25) is 4.79 Å². The molecule has 8 nitrogen and oxygen atoms in total. The molecule has 36 heavy (non-hydrogen) atoms. The summed E-state index contributed by atoms with van der Waals surface area (Å²) in [4.78, 5) is 39.4. The summed E-state index contributed by atoms with van der Waals surface area (Å²) in [7, 11) is 0. The minimum Gasteiger partial charge on any atom is -0.462 e. The van der Waals surface area contributed by atoms with Crippen molar-refractivity contribution in [3.63, 3.8) is 0 Å². The minimum absolute atomic E-state index is 0.0877. The highest BCUT2D eigenvalue weighted by Gasteiger charge is 2.15. The van der Waals surface area contributed by atoms with Gasteiger partial charge < -0.3 is 24.5 Å². The van der Waals surface area contributed by atoms with E-state index in [4.69, 9.17) is 14.3 Å². The van der Waals surface area contributed by atoms with E-state index in [9.17, 15) is 14.4 Å². The maximum absolute atomic E-state index is 12.8. The van der Waals surface area contributed by atoms with Crippen LogP contribution in [0.15, 0.2) is 75.5 Å². The van der Waals surface area contributed by atoms with E-state index in [2.05, 4.69) is 24.1 Å². The van der Waals surface area contributed by atoms with Gasteiger partial charge in [-0.05, 0) is 68.8 Å². The van der Waals surface area contributed by atoms with Crippen molar-refractivity contribution in [3.8, 4) is 0 Å². The van der Waals surface area contributed by atoms with Crippen LogP contribution in [0.4, 0.5) is 11.4 Å². The van der Waals surface area contributed by atoms with Gasteiger partial charge in [-0.1, -0.05) is 18.2 Å². The Hall–Kier alpha value is -4.17. The maximum atomic E-state index is 12.8. The summed E-state index contributed by atoms with van der Waals surface area (Å²) in [5.74, 6) is -1.09. The molecule has 0 unspecified atom stereocenters. The Morgan fingerprint density at radius 3 is 2.42 bits per heavy atom. The fraction of sp³-hybridized carbons (Fsp3) is 0.250. The van der Waals surface area contributed by atoms with E-state index in [0.29, 0.717) is 16.7 Å². The molecule has 0 aliphatic rings. The Kier molecular flexibility index (Phi) is 9.19. The number of aliphatic hydroxyl groups excluding tert-OH is 1. The molecule has 2 N–H and O–H groups in total. The summed E-state index contributed by atoms with van der Waals surface area (Å²) < 4.78 is 10.4. The number of fused-ring (bicyclic) bond motifs is 1. The van der Waals surface area contributed by atoms with Gasteiger partial charge in [-0.25, -0.2) is 9.59 Å². The molecule has 8 heteroatoms. The molecule has 3 aromatic rings. The first-order chi connectivity index (χ1) is 17.4. The molecule has 0 saturated heterocycles. The quantitative estimate of drug-likeness (QED) is 0.188. The molecular formula is C28H30N2O6. The van der Waals surface area contributed by atoms with Crippen LogP contribution in [0.3, 0.4) is 0 Å². The average Bonchev–Trinajstić information content (AvgIpc) is 2.87. The van der Waals surface area contributed by atoms with E-state index in [0.717, 1.165) is 24.3 Å². The van der Waals surface area contributed by atoms with Gasteiger partial charge in [-0.2, -0.15) is 0 Å². The van der Waals surface area contributed by atoms with Crippen molar-refractivity contribution in [1.29, 1.82) is 0 Å². The molecule has 0 aliphatic heterocycles. The Labute approximate surface area is 209 Å². The molecule has 0 fully saturated rings. The van der Waals surface area contributed by atoms with Crippen molar-refractivity contribution in [2.75, 3.05) is 36.5 Å². The zero-order valence-electron chi connectivity index (χ0n) is 20.6. The van der Waals surface area contributed by atoms with Crippen molar-refractivity contribution in [3.05, 3.63) is 87.8 Å². The lowest BCUT2D eigenvalue weighted by Crippen LogP contribution is -2.22. The normalized spacial score (nSPS) is 11.6. The molecule has 0 atom stereocenters. The van der Waals surface area contributed by atoms with Gasteiger partial charge in [0.25, 0.3) is 5.91 Å². The van der Waals surface area contributed by atoms with Gasteiger partial charge in [0.05, 0.1) is 18.8 Å². The van der Waals surface area contributed by atoms with Gasteiger partial charge in [0.15, 0.2) is 0 Å². The average molecular weight is 491 g/mol. The van der Waals surface area contributed by atoms with Crippen LogP contribution in [-0.2, 0) is 9.53 Å². The topological polar surface area (TPSA) is 109 Å². The van der Waals surface area contributed by atoms with Crippen LogP contribution in [0.25, 0.3) is 17.0 Å². The van der Waals surface area contributed by atoms with E-state index >= 15 is 0 Å². The largest absolute Gasteiger partial charge is 0.462 e. The van der Waals surface area contributed by atoms with Crippen LogP contribution < -0.4 is 15.8 Å². The summed E-state index contributed by atoms with van der Waals surface area (Å²) in [6.07, 6.45) is 4.60. The molecule has 0 saturated carbocycles. The minimum atomic E-state index is -0.710. The molecule has 188 valence electrons. The molecule has 0 spiro atoms. The van der Waals surface area contributed by atoms with E-state index in [-0.39, 0.29) is 24.4 Å². The predicted octanol–water partition coefficient (Wildman–Crippen LogP) is 4.39. The zero-order chi connectivity index (χ0) is 26.1. The van der Waals surface area contributed by atoms with Crippen LogP contribution in [0.5, 0.6) is 0 Å². The fourth-order valence-corrected chi connectivity index (χ4v) is 3.64. The zero-order valence-corrected chi connectivity index (χ0v) is 20.6. The molecule has 0 bridgehead atoms. The Bertz CT molecular complexity index is 1330. The monoisotopic (exact) mass is 490 g/mol. The number of carbonyl (C=O) groups is 2. The Balaban J connectivity index is 1.75. The van der Waals surface area contributed by atoms with Gasteiger partial charge in [-0.15, -0.1) is 0 Å². The summed E-state index contributed by atoms with van der Waals surface area (Å²) in [5.41, 5.74) is 2.07. The lowest BCUT2D eigenvalue weighted by Gasteiger charge is -2.21. The highest BCUT2D eigenvalue weighted by molar-refractivity contribution is 6.05. The lowest BCUT2D eigenvalue weighted by molar-refractivity contribution is -0.138. The van der Waals surface area contributed by atoms with Gasteiger partial charge >= 0.3 is 11.6 Å². The van der Waals surface area contributed by atoms with Crippen molar-refractivity contribution >= 4 is 40.3 Å². The van der Waals surface area contributed by atoms with Crippen LogP contribution in [0.1, 0.15) is 36.7 Å². The summed E-state index contributed by atoms with van der Waals surface area (Å²) in [6, 6.07) is 13.9. The number of amides is 1. The molecule has 3 rings (SSSR count). The number of anilines is 2. The first kappa shape index (κ1) is 26.4. The molecule has 2 aromatic carbocycles.